The standard InChI is InChI=1S/C20H19NO4S2/c1-2-25-20(24)18-11(14-5-3-7-26-14)9-13-17(19(18)23)12(10-16(22)21-13)15-6-4-8-27-15/h3-8,11-12,18H,2,9-10H2,1H3,(H,21,22)/t11-,12-,18+/m0/s1. The van der Waals surface area contributed by atoms with E-state index in [2.05, 4.69) is 5.32 Å². The average molecular weight is 402 g/mol. The summed E-state index contributed by atoms with van der Waals surface area (Å²) in [6.07, 6.45) is 0.684. The lowest BCUT2D eigenvalue weighted by Crippen LogP contribution is -2.44. The number of hydrogen-bond donors (Lipinski definition) is 1. The van der Waals surface area contributed by atoms with Gasteiger partial charge in [0.1, 0.15) is 5.92 Å². The molecule has 0 unspecified atom stereocenters. The van der Waals surface area contributed by atoms with Gasteiger partial charge in [0.05, 0.1) is 6.61 Å². The van der Waals surface area contributed by atoms with E-state index in [0.29, 0.717) is 17.7 Å². The highest BCUT2D eigenvalue weighted by Crippen LogP contribution is 2.47. The Balaban J connectivity index is 1.80. The average Bonchev–Trinajstić information content (AvgIpc) is 3.34. The number of carbonyl (C=O) groups is 3. The maximum Gasteiger partial charge on any atom is 0.317 e. The third-order valence-electron chi connectivity index (χ3n) is 5.06. The van der Waals surface area contributed by atoms with Crippen molar-refractivity contribution in [1.82, 2.24) is 5.32 Å². The van der Waals surface area contributed by atoms with Crippen molar-refractivity contribution in [2.24, 2.45) is 5.92 Å². The fraction of sp³-hybridized carbons (Fsp3) is 0.350. The largest absolute Gasteiger partial charge is 0.465 e. The summed E-state index contributed by atoms with van der Waals surface area (Å²) in [6.45, 7) is 1.97. The van der Waals surface area contributed by atoms with Crippen LogP contribution in [0.1, 0.15) is 41.4 Å². The van der Waals surface area contributed by atoms with Gasteiger partial charge in [-0.3, -0.25) is 14.4 Å². The summed E-state index contributed by atoms with van der Waals surface area (Å²) >= 11 is 3.04. The number of amides is 1. The monoisotopic (exact) mass is 401 g/mol. The van der Waals surface area contributed by atoms with Crippen molar-refractivity contribution < 1.29 is 19.1 Å². The van der Waals surface area contributed by atoms with Gasteiger partial charge in [0, 0.05) is 39.3 Å². The predicted octanol–water partition coefficient (Wildman–Crippen LogP) is 3.60. The molecule has 1 aliphatic heterocycles. The van der Waals surface area contributed by atoms with Gasteiger partial charge in [-0.2, -0.15) is 0 Å². The fourth-order valence-corrected chi connectivity index (χ4v) is 5.66. The van der Waals surface area contributed by atoms with Crippen molar-refractivity contribution in [1.29, 1.82) is 0 Å². The van der Waals surface area contributed by atoms with E-state index >= 15 is 0 Å². The van der Waals surface area contributed by atoms with Crippen LogP contribution in [-0.2, 0) is 19.1 Å². The van der Waals surface area contributed by atoms with Gasteiger partial charge in [-0.1, -0.05) is 12.1 Å². The minimum absolute atomic E-state index is 0.0838. The Morgan fingerprint density at radius 3 is 2.48 bits per heavy atom. The van der Waals surface area contributed by atoms with Crippen LogP contribution in [0.2, 0.25) is 0 Å². The maximum absolute atomic E-state index is 13.5. The molecule has 0 saturated carbocycles. The van der Waals surface area contributed by atoms with Crippen molar-refractivity contribution in [3.63, 3.8) is 0 Å². The molecule has 0 aromatic carbocycles. The second-order valence-corrected chi connectivity index (χ2v) is 8.59. The molecule has 0 fully saturated rings. The number of thiophene rings is 2. The van der Waals surface area contributed by atoms with Crippen LogP contribution in [0.5, 0.6) is 0 Å². The van der Waals surface area contributed by atoms with Gasteiger partial charge in [-0.25, -0.2) is 0 Å². The molecule has 1 aliphatic carbocycles. The Hall–Kier alpha value is -2.25. The highest BCUT2D eigenvalue weighted by molar-refractivity contribution is 7.10. The van der Waals surface area contributed by atoms with Crippen LogP contribution in [0.15, 0.2) is 46.3 Å². The topological polar surface area (TPSA) is 72.5 Å². The normalized spacial score (nSPS) is 25.1. The molecular formula is C20H19NO4S2. The third kappa shape index (κ3) is 3.26. The van der Waals surface area contributed by atoms with E-state index in [1.54, 1.807) is 6.92 Å². The van der Waals surface area contributed by atoms with E-state index in [1.807, 2.05) is 35.0 Å². The second-order valence-electron chi connectivity index (χ2n) is 6.63. The van der Waals surface area contributed by atoms with Crippen LogP contribution in [0, 0.1) is 5.92 Å². The van der Waals surface area contributed by atoms with Crippen LogP contribution < -0.4 is 5.32 Å². The first-order valence-electron chi connectivity index (χ1n) is 8.90. The minimum atomic E-state index is -0.861. The van der Waals surface area contributed by atoms with Gasteiger partial charge in [-0.05, 0) is 36.2 Å². The number of carbonyl (C=O) groups excluding carboxylic acids is 3. The number of rotatable bonds is 4. The Labute approximate surface area is 165 Å². The van der Waals surface area contributed by atoms with Gasteiger partial charge < -0.3 is 10.1 Å². The van der Waals surface area contributed by atoms with Crippen LogP contribution in [0.4, 0.5) is 0 Å². The first-order chi connectivity index (χ1) is 13.1. The van der Waals surface area contributed by atoms with Gasteiger partial charge >= 0.3 is 5.97 Å². The zero-order valence-corrected chi connectivity index (χ0v) is 16.4. The van der Waals surface area contributed by atoms with E-state index in [1.165, 1.54) is 22.7 Å². The molecule has 3 heterocycles. The lowest BCUT2D eigenvalue weighted by atomic mass is 9.70. The molecule has 7 heteroatoms. The van der Waals surface area contributed by atoms with Gasteiger partial charge in [0.25, 0.3) is 0 Å². The fourth-order valence-electron chi connectivity index (χ4n) is 3.96. The third-order valence-corrected chi connectivity index (χ3v) is 7.05. The highest BCUT2D eigenvalue weighted by atomic mass is 32.1. The maximum atomic E-state index is 13.5. The molecule has 3 atom stereocenters. The van der Waals surface area contributed by atoms with E-state index in [0.717, 1.165) is 9.75 Å². The van der Waals surface area contributed by atoms with Crippen molar-refractivity contribution >= 4 is 40.3 Å². The zero-order chi connectivity index (χ0) is 19.0. The predicted molar refractivity (Wildman–Crippen MR) is 104 cm³/mol. The van der Waals surface area contributed by atoms with Crippen molar-refractivity contribution in [2.75, 3.05) is 6.61 Å². The molecule has 0 spiro atoms. The number of Topliss-reactive ketones (excluding diaryl/α,β-unsaturated/α-hetero) is 1. The van der Waals surface area contributed by atoms with E-state index in [4.69, 9.17) is 4.74 Å². The summed E-state index contributed by atoms with van der Waals surface area (Å²) in [6, 6.07) is 7.69. The molecule has 4 rings (SSSR count). The van der Waals surface area contributed by atoms with Crippen LogP contribution in [-0.4, -0.2) is 24.3 Å². The molecule has 2 aromatic heterocycles. The summed E-state index contributed by atoms with van der Waals surface area (Å²) in [5.74, 6) is -2.24. The number of nitrogens with one attached hydrogen (secondary N) is 1. The molecule has 1 amide bonds. The van der Waals surface area contributed by atoms with Crippen LogP contribution in [0.25, 0.3) is 0 Å². The number of ether oxygens (including phenoxy) is 1. The quantitative estimate of drug-likeness (QED) is 0.628. The Morgan fingerprint density at radius 1 is 1.15 bits per heavy atom. The van der Waals surface area contributed by atoms with E-state index in [-0.39, 0.29) is 36.6 Å². The lowest BCUT2D eigenvalue weighted by molar-refractivity contribution is -0.152. The van der Waals surface area contributed by atoms with Crippen molar-refractivity contribution in [3.05, 3.63) is 56.1 Å². The molecule has 2 aromatic rings. The summed E-state index contributed by atoms with van der Waals surface area (Å²) in [4.78, 5) is 40.4. The molecule has 27 heavy (non-hydrogen) atoms. The molecule has 0 radical (unpaired) electrons. The summed E-state index contributed by atoms with van der Waals surface area (Å²) in [5, 5.41) is 6.77. The molecule has 1 N–H and O–H groups in total. The SMILES string of the molecule is CCOC(=O)[C@H]1C(=O)C2=C(C[C@H]1c1cccs1)NC(=O)C[C@H]2c1cccs1. The summed E-state index contributed by atoms with van der Waals surface area (Å²) in [7, 11) is 0. The molecule has 5 nitrogen and oxygen atoms in total. The molecular weight excluding hydrogens is 382 g/mol. The summed E-state index contributed by atoms with van der Waals surface area (Å²) in [5.41, 5.74) is 1.23. The lowest BCUT2D eigenvalue weighted by Gasteiger charge is -2.37. The van der Waals surface area contributed by atoms with Crippen LogP contribution >= 0.6 is 22.7 Å². The summed E-state index contributed by atoms with van der Waals surface area (Å²) < 4.78 is 5.24. The highest BCUT2D eigenvalue weighted by Gasteiger charge is 2.48. The Bertz CT molecular complexity index is 899. The number of esters is 1. The Morgan fingerprint density at radius 2 is 1.85 bits per heavy atom. The molecule has 2 aliphatic rings. The molecule has 0 saturated heterocycles. The van der Waals surface area contributed by atoms with E-state index < -0.39 is 11.9 Å². The van der Waals surface area contributed by atoms with Crippen molar-refractivity contribution in [2.45, 2.75) is 31.6 Å². The Kier molecular flexibility index (Phi) is 4.97. The van der Waals surface area contributed by atoms with Gasteiger partial charge in [-0.15, -0.1) is 22.7 Å². The first-order valence-corrected chi connectivity index (χ1v) is 10.7. The number of ketones is 1. The minimum Gasteiger partial charge on any atom is -0.465 e. The smallest absolute Gasteiger partial charge is 0.317 e. The molecule has 140 valence electrons. The zero-order valence-electron chi connectivity index (χ0n) is 14.8. The first kappa shape index (κ1) is 18.1. The van der Waals surface area contributed by atoms with Gasteiger partial charge in [0.2, 0.25) is 5.91 Å². The van der Waals surface area contributed by atoms with Crippen molar-refractivity contribution in [3.8, 4) is 0 Å². The number of hydrogen-bond acceptors (Lipinski definition) is 6. The second kappa shape index (κ2) is 7.40. The van der Waals surface area contributed by atoms with E-state index in [9.17, 15) is 14.4 Å². The number of allylic oxidation sites excluding steroid dienone is 2. The molecule has 0 bridgehead atoms. The van der Waals surface area contributed by atoms with Gasteiger partial charge in [0.15, 0.2) is 5.78 Å². The van der Waals surface area contributed by atoms with Crippen LogP contribution in [0.3, 0.4) is 0 Å².